The summed E-state index contributed by atoms with van der Waals surface area (Å²) >= 11 is 1.36. The lowest BCUT2D eigenvalue weighted by Gasteiger charge is -2.10. The fourth-order valence-electron chi connectivity index (χ4n) is 2.86. The van der Waals surface area contributed by atoms with Gasteiger partial charge in [-0.15, -0.1) is 0 Å². The first-order valence-corrected chi connectivity index (χ1v) is 10.2. The van der Waals surface area contributed by atoms with Gasteiger partial charge >= 0.3 is 5.16 Å². The summed E-state index contributed by atoms with van der Waals surface area (Å²) in [5.74, 6) is 0.734. The molecule has 0 radical (unpaired) electrons. The van der Waals surface area contributed by atoms with Gasteiger partial charge in [0.15, 0.2) is 0 Å². The van der Waals surface area contributed by atoms with Crippen molar-refractivity contribution in [2.75, 3.05) is 17.7 Å². The van der Waals surface area contributed by atoms with Gasteiger partial charge in [-0.2, -0.15) is 9.67 Å². The van der Waals surface area contributed by atoms with Gasteiger partial charge in [-0.3, -0.25) is 4.79 Å². The highest BCUT2D eigenvalue weighted by Gasteiger charge is 2.20. The molecule has 0 fully saturated rings. The molecule has 4 aromatic rings. The van der Waals surface area contributed by atoms with E-state index >= 15 is 0 Å². The number of benzene rings is 2. The van der Waals surface area contributed by atoms with E-state index in [1.165, 1.54) is 11.8 Å². The van der Waals surface area contributed by atoms with E-state index in [1.807, 2.05) is 72.3 Å². The average Bonchev–Trinajstić information content (AvgIpc) is 3.21. The number of aromatic amines is 1. The number of carbonyl (C=O) groups is 1. The molecule has 2 N–H and O–H groups in total. The largest absolute Gasteiger partial charge is 0.492 e. The maximum Gasteiger partial charge on any atom is 0.367 e. The van der Waals surface area contributed by atoms with Crippen molar-refractivity contribution in [3.05, 3.63) is 67.0 Å². The lowest BCUT2D eigenvalue weighted by Crippen LogP contribution is -2.34. The van der Waals surface area contributed by atoms with E-state index in [1.54, 1.807) is 6.20 Å². The molecule has 0 bridgehead atoms. The number of para-hydroxylation sites is 3. The zero-order chi connectivity index (χ0) is 20.1. The van der Waals surface area contributed by atoms with Gasteiger partial charge < -0.3 is 10.1 Å². The Labute approximate surface area is 172 Å². The molecule has 2 heterocycles. The van der Waals surface area contributed by atoms with Crippen LogP contribution in [0.25, 0.3) is 16.7 Å². The maximum atomic E-state index is 12.6. The first kappa shape index (κ1) is 18.9. The average molecular weight is 406 g/mol. The zero-order valence-corrected chi connectivity index (χ0v) is 16.6. The fourth-order valence-corrected chi connectivity index (χ4v) is 3.64. The van der Waals surface area contributed by atoms with Gasteiger partial charge in [-0.1, -0.05) is 30.3 Å². The minimum atomic E-state index is -0.131. The van der Waals surface area contributed by atoms with Crippen LogP contribution in [0.2, 0.25) is 0 Å². The molecule has 0 atom stereocenters. The summed E-state index contributed by atoms with van der Waals surface area (Å²) in [6, 6.07) is 17.3. The zero-order valence-electron chi connectivity index (χ0n) is 15.8. The van der Waals surface area contributed by atoms with Crippen molar-refractivity contribution in [3.8, 4) is 11.4 Å². The molecule has 7 nitrogen and oxygen atoms in total. The van der Waals surface area contributed by atoms with E-state index in [4.69, 9.17) is 4.74 Å². The number of anilines is 1. The monoisotopic (exact) mass is 406 g/mol. The third-order valence-corrected chi connectivity index (χ3v) is 5.11. The number of nitrogens with zero attached hydrogens (tertiary/aromatic N) is 3. The molecule has 0 spiro atoms. The van der Waals surface area contributed by atoms with Crippen LogP contribution in [-0.2, 0) is 4.79 Å². The number of carbonyl (C=O) groups excluding carboxylic acids is 1. The second-order valence-electron chi connectivity index (χ2n) is 6.17. The smallest absolute Gasteiger partial charge is 0.367 e. The van der Waals surface area contributed by atoms with Crippen LogP contribution < -0.4 is 14.6 Å². The Balaban J connectivity index is 1.54. The Bertz CT molecular complexity index is 1130. The molecule has 146 valence electrons. The standard InChI is InChI=1S/C21H19N5O2S/c1-2-28-18-11-7-6-10-17(18)23-19(27)14-29-21-24-20-15(12-22-25-20)13-26(21)16-8-4-3-5-9-16/h3-13H,2,14H2,1H3,(H,23,27)/p+1. The number of rotatable bonds is 7. The summed E-state index contributed by atoms with van der Waals surface area (Å²) < 4.78 is 7.53. The molecule has 29 heavy (non-hydrogen) atoms. The van der Waals surface area contributed by atoms with Crippen LogP contribution in [0, 0.1) is 0 Å². The highest BCUT2D eigenvalue weighted by molar-refractivity contribution is 7.99. The second kappa shape index (κ2) is 8.74. The number of hydrogen-bond donors (Lipinski definition) is 2. The van der Waals surface area contributed by atoms with Crippen molar-refractivity contribution >= 4 is 34.4 Å². The summed E-state index contributed by atoms with van der Waals surface area (Å²) in [7, 11) is 0. The van der Waals surface area contributed by atoms with Crippen LogP contribution in [0.3, 0.4) is 0 Å². The van der Waals surface area contributed by atoms with Crippen molar-refractivity contribution in [1.82, 2.24) is 15.2 Å². The Morgan fingerprint density at radius 2 is 1.97 bits per heavy atom. The normalized spacial score (nSPS) is 10.8. The minimum absolute atomic E-state index is 0.131. The molecule has 0 saturated heterocycles. The number of nitrogens with one attached hydrogen (secondary N) is 2. The first-order chi connectivity index (χ1) is 14.2. The first-order valence-electron chi connectivity index (χ1n) is 9.20. The number of amides is 1. The summed E-state index contributed by atoms with van der Waals surface area (Å²) in [6.07, 6.45) is 3.69. The van der Waals surface area contributed by atoms with Crippen molar-refractivity contribution in [2.45, 2.75) is 12.1 Å². The molecular weight excluding hydrogens is 386 g/mol. The number of thioether (sulfide) groups is 1. The molecule has 8 heteroatoms. The number of ether oxygens (including phenoxy) is 1. The number of hydrogen-bond acceptors (Lipinski definition) is 5. The SMILES string of the molecule is CCOc1ccccc1NC(=O)CSc1nc2[nH]ncc2c[n+]1-c1ccccc1. The molecular formula is C21H20N5O2S+. The number of H-pyrrole nitrogens is 1. The van der Waals surface area contributed by atoms with E-state index in [9.17, 15) is 4.79 Å². The van der Waals surface area contributed by atoms with Crippen molar-refractivity contribution < 1.29 is 14.1 Å². The molecule has 0 unspecified atom stereocenters. The van der Waals surface area contributed by atoms with Gasteiger partial charge in [0.25, 0.3) is 5.65 Å². The number of aromatic nitrogens is 4. The van der Waals surface area contributed by atoms with Crippen LogP contribution in [-0.4, -0.2) is 33.4 Å². The Morgan fingerprint density at radius 3 is 2.79 bits per heavy atom. The van der Waals surface area contributed by atoms with Crippen LogP contribution in [0.5, 0.6) is 5.75 Å². The Morgan fingerprint density at radius 1 is 1.17 bits per heavy atom. The molecule has 0 aliphatic heterocycles. The Kier molecular flexibility index (Phi) is 5.71. The van der Waals surface area contributed by atoms with Gasteiger partial charge in [0, 0.05) is 0 Å². The van der Waals surface area contributed by atoms with Crippen LogP contribution >= 0.6 is 11.8 Å². The highest BCUT2D eigenvalue weighted by Crippen LogP contribution is 2.24. The van der Waals surface area contributed by atoms with Crippen LogP contribution in [0.15, 0.2) is 72.1 Å². The molecule has 1 amide bonds. The maximum absolute atomic E-state index is 12.6. The summed E-state index contributed by atoms with van der Waals surface area (Å²) in [6.45, 7) is 2.45. The van der Waals surface area contributed by atoms with E-state index in [-0.39, 0.29) is 11.7 Å². The van der Waals surface area contributed by atoms with E-state index in [0.717, 1.165) is 11.1 Å². The van der Waals surface area contributed by atoms with Gasteiger partial charge in [0.1, 0.15) is 23.0 Å². The third-order valence-electron chi connectivity index (χ3n) is 4.16. The summed E-state index contributed by atoms with van der Waals surface area (Å²) in [5, 5.41) is 11.4. The molecule has 2 aromatic heterocycles. The fraction of sp³-hybridized carbons (Fsp3) is 0.143. The predicted octanol–water partition coefficient (Wildman–Crippen LogP) is 3.36. The lowest BCUT2D eigenvalue weighted by molar-refractivity contribution is -0.639. The predicted molar refractivity (Wildman–Crippen MR) is 112 cm³/mol. The molecule has 4 rings (SSSR count). The van der Waals surface area contributed by atoms with E-state index in [2.05, 4.69) is 20.5 Å². The van der Waals surface area contributed by atoms with Crippen molar-refractivity contribution in [3.63, 3.8) is 0 Å². The molecule has 0 aliphatic rings. The minimum Gasteiger partial charge on any atom is -0.492 e. The summed E-state index contributed by atoms with van der Waals surface area (Å²) in [4.78, 5) is 17.2. The topological polar surface area (TPSA) is 83.8 Å². The van der Waals surface area contributed by atoms with E-state index in [0.29, 0.717) is 28.8 Å². The van der Waals surface area contributed by atoms with Crippen molar-refractivity contribution in [1.29, 1.82) is 0 Å². The second-order valence-corrected chi connectivity index (χ2v) is 7.11. The molecule has 2 aromatic carbocycles. The molecule has 0 saturated carbocycles. The van der Waals surface area contributed by atoms with Crippen LogP contribution in [0.4, 0.5) is 5.69 Å². The number of fused-ring (bicyclic) bond motifs is 1. The summed E-state index contributed by atoms with van der Waals surface area (Å²) in [5.41, 5.74) is 2.31. The van der Waals surface area contributed by atoms with Gasteiger partial charge in [0.2, 0.25) is 5.91 Å². The molecule has 0 aliphatic carbocycles. The van der Waals surface area contributed by atoms with Gasteiger partial charge in [-0.05, 0) is 47.9 Å². The quantitative estimate of drug-likeness (QED) is 0.279. The van der Waals surface area contributed by atoms with Gasteiger partial charge in [-0.25, -0.2) is 5.10 Å². The Hall–Kier alpha value is -3.39. The van der Waals surface area contributed by atoms with Gasteiger partial charge in [0.05, 0.1) is 24.2 Å². The lowest BCUT2D eigenvalue weighted by atomic mass is 10.3. The van der Waals surface area contributed by atoms with Crippen LogP contribution in [0.1, 0.15) is 6.92 Å². The highest BCUT2D eigenvalue weighted by atomic mass is 32.2. The third kappa shape index (κ3) is 4.38. The van der Waals surface area contributed by atoms with E-state index < -0.39 is 0 Å². The van der Waals surface area contributed by atoms with Crippen molar-refractivity contribution in [2.24, 2.45) is 0 Å².